The van der Waals surface area contributed by atoms with Crippen molar-refractivity contribution < 1.29 is 0 Å². The Balaban J connectivity index is 1.81. The van der Waals surface area contributed by atoms with Gasteiger partial charge in [0.2, 0.25) is 0 Å². The van der Waals surface area contributed by atoms with E-state index >= 15 is 0 Å². The molecule has 0 saturated carbocycles. The Kier molecular flexibility index (Phi) is 3.52. The summed E-state index contributed by atoms with van der Waals surface area (Å²) in [6.07, 6.45) is 2.40. The van der Waals surface area contributed by atoms with E-state index < -0.39 is 0 Å². The van der Waals surface area contributed by atoms with Crippen molar-refractivity contribution in [1.29, 1.82) is 0 Å². The van der Waals surface area contributed by atoms with Gasteiger partial charge >= 0.3 is 0 Å². The summed E-state index contributed by atoms with van der Waals surface area (Å²) in [5, 5.41) is 5.29. The highest BCUT2D eigenvalue weighted by Gasteiger charge is 2.12. The van der Waals surface area contributed by atoms with Gasteiger partial charge in [0, 0.05) is 23.2 Å². The number of hydrogen-bond acceptors (Lipinski definition) is 3. The fraction of sp³-hybridized carbons (Fsp3) is 0.0556. The second kappa shape index (κ2) is 5.82. The topological polar surface area (TPSA) is 43.1 Å². The maximum atomic E-state index is 6.31. The highest BCUT2D eigenvalue weighted by atomic mass is 35.5. The molecule has 0 fully saturated rings. The number of hydrogen-bond donors (Lipinski definition) is 0. The van der Waals surface area contributed by atoms with E-state index in [0.717, 1.165) is 17.1 Å². The molecule has 0 N–H and O–H groups in total. The molecule has 4 rings (SSSR count). The third kappa shape index (κ3) is 2.69. The smallest absolute Gasteiger partial charge is 0.220 e. The van der Waals surface area contributed by atoms with E-state index in [4.69, 9.17) is 11.6 Å². The van der Waals surface area contributed by atoms with Crippen LogP contribution >= 0.6 is 11.6 Å². The van der Waals surface area contributed by atoms with Crippen LogP contribution in [0.2, 0.25) is 5.02 Å². The van der Waals surface area contributed by atoms with E-state index in [2.05, 4.69) is 27.2 Å². The predicted molar refractivity (Wildman–Crippen MR) is 90.5 cm³/mol. The fourth-order valence-corrected chi connectivity index (χ4v) is 2.79. The van der Waals surface area contributed by atoms with Crippen LogP contribution in [0.3, 0.4) is 0 Å². The molecule has 2 heterocycles. The second-order valence-electron chi connectivity index (χ2n) is 5.21. The molecule has 0 aliphatic heterocycles. The molecule has 0 spiro atoms. The summed E-state index contributed by atoms with van der Waals surface area (Å²) >= 11 is 6.31. The minimum absolute atomic E-state index is 0.577. The zero-order chi connectivity index (χ0) is 15.6. The average molecular weight is 321 g/mol. The summed E-state index contributed by atoms with van der Waals surface area (Å²) in [4.78, 5) is 8.83. The maximum absolute atomic E-state index is 6.31. The van der Waals surface area contributed by atoms with E-state index in [0.29, 0.717) is 17.2 Å². The van der Waals surface area contributed by atoms with Crippen LogP contribution in [-0.4, -0.2) is 19.6 Å². The van der Waals surface area contributed by atoms with Crippen molar-refractivity contribution >= 4 is 17.4 Å². The minimum Gasteiger partial charge on any atom is -0.220 e. The molecule has 0 atom stereocenters. The summed E-state index contributed by atoms with van der Waals surface area (Å²) in [6.45, 7) is 0. The molecular formula is C18H13ClN4. The lowest BCUT2D eigenvalue weighted by molar-refractivity contribution is 0.898. The van der Waals surface area contributed by atoms with Crippen LogP contribution in [0.1, 0.15) is 11.4 Å². The summed E-state index contributed by atoms with van der Waals surface area (Å²) in [7, 11) is 0. The summed E-state index contributed by atoms with van der Waals surface area (Å²) < 4.78 is 1.75. The van der Waals surface area contributed by atoms with Crippen molar-refractivity contribution in [2.75, 3.05) is 0 Å². The number of fused-ring (bicyclic) bond motifs is 1. The van der Waals surface area contributed by atoms with Gasteiger partial charge in [-0.25, -0.2) is 4.98 Å². The highest BCUT2D eigenvalue weighted by Crippen LogP contribution is 2.27. The molecule has 23 heavy (non-hydrogen) atoms. The normalized spacial score (nSPS) is 11.0. The van der Waals surface area contributed by atoms with Crippen molar-refractivity contribution in [2.45, 2.75) is 6.42 Å². The Hall–Kier alpha value is -2.72. The third-order valence-electron chi connectivity index (χ3n) is 3.64. The van der Waals surface area contributed by atoms with E-state index in [1.165, 1.54) is 5.56 Å². The molecule has 5 heteroatoms. The molecule has 0 radical (unpaired) electrons. The quantitative estimate of drug-likeness (QED) is 0.572. The summed E-state index contributed by atoms with van der Waals surface area (Å²) in [5.41, 5.74) is 2.97. The Morgan fingerprint density at radius 2 is 1.70 bits per heavy atom. The number of rotatable bonds is 3. The SMILES string of the molecule is Clc1ccccc1-c1ccnc2nc(Cc3ccccc3)nn12. The summed E-state index contributed by atoms with van der Waals surface area (Å²) in [6, 6.07) is 19.7. The van der Waals surface area contributed by atoms with Crippen LogP contribution < -0.4 is 0 Å². The number of aromatic nitrogens is 4. The van der Waals surface area contributed by atoms with Gasteiger partial charge in [-0.3, -0.25) is 0 Å². The van der Waals surface area contributed by atoms with Crippen LogP contribution in [0, 0.1) is 0 Å². The molecule has 112 valence electrons. The Bertz CT molecular complexity index is 963. The molecule has 4 nitrogen and oxygen atoms in total. The van der Waals surface area contributed by atoms with Gasteiger partial charge in [-0.1, -0.05) is 60.1 Å². The molecule has 0 aliphatic carbocycles. The Labute approximate surface area is 138 Å². The Morgan fingerprint density at radius 1 is 0.913 bits per heavy atom. The average Bonchev–Trinajstić information content (AvgIpc) is 2.99. The van der Waals surface area contributed by atoms with Crippen molar-refractivity contribution in [1.82, 2.24) is 19.6 Å². The van der Waals surface area contributed by atoms with E-state index in [1.807, 2.05) is 48.5 Å². The lowest BCUT2D eigenvalue weighted by Gasteiger charge is -2.05. The molecule has 0 saturated heterocycles. The van der Waals surface area contributed by atoms with E-state index in [1.54, 1.807) is 10.7 Å². The highest BCUT2D eigenvalue weighted by molar-refractivity contribution is 6.33. The first kappa shape index (κ1) is 13.9. The number of benzene rings is 2. The zero-order valence-electron chi connectivity index (χ0n) is 12.2. The van der Waals surface area contributed by atoms with Crippen LogP contribution in [0.5, 0.6) is 0 Å². The van der Waals surface area contributed by atoms with Crippen LogP contribution in [0.4, 0.5) is 0 Å². The molecule has 0 aliphatic rings. The van der Waals surface area contributed by atoms with Crippen molar-refractivity contribution in [2.24, 2.45) is 0 Å². The van der Waals surface area contributed by atoms with Gasteiger partial charge < -0.3 is 0 Å². The summed E-state index contributed by atoms with van der Waals surface area (Å²) in [5.74, 6) is 1.32. The first-order valence-electron chi connectivity index (χ1n) is 7.31. The van der Waals surface area contributed by atoms with Gasteiger partial charge in [0.15, 0.2) is 5.82 Å². The van der Waals surface area contributed by atoms with Gasteiger partial charge in [-0.05, 0) is 17.7 Å². The molecular weight excluding hydrogens is 308 g/mol. The lowest BCUT2D eigenvalue weighted by Crippen LogP contribution is -1.97. The van der Waals surface area contributed by atoms with Crippen LogP contribution in [0.15, 0.2) is 66.9 Å². The third-order valence-corrected chi connectivity index (χ3v) is 3.97. The first-order chi connectivity index (χ1) is 11.3. The van der Waals surface area contributed by atoms with Crippen LogP contribution in [0.25, 0.3) is 17.0 Å². The molecule has 2 aromatic carbocycles. The van der Waals surface area contributed by atoms with Gasteiger partial charge in [-0.15, -0.1) is 5.10 Å². The lowest BCUT2D eigenvalue weighted by atomic mass is 10.1. The van der Waals surface area contributed by atoms with Gasteiger partial charge in [0.25, 0.3) is 5.78 Å². The monoisotopic (exact) mass is 320 g/mol. The number of halogens is 1. The van der Waals surface area contributed by atoms with E-state index in [-0.39, 0.29) is 0 Å². The molecule has 4 aromatic rings. The Morgan fingerprint density at radius 3 is 2.52 bits per heavy atom. The molecule has 2 aromatic heterocycles. The van der Waals surface area contributed by atoms with Gasteiger partial charge in [0.05, 0.1) is 5.69 Å². The van der Waals surface area contributed by atoms with E-state index in [9.17, 15) is 0 Å². The molecule has 0 amide bonds. The van der Waals surface area contributed by atoms with Crippen molar-refractivity contribution in [3.63, 3.8) is 0 Å². The first-order valence-corrected chi connectivity index (χ1v) is 7.68. The second-order valence-corrected chi connectivity index (χ2v) is 5.62. The molecule has 0 unspecified atom stereocenters. The molecule has 0 bridgehead atoms. The van der Waals surface area contributed by atoms with Crippen LogP contribution in [-0.2, 0) is 6.42 Å². The minimum atomic E-state index is 0.577. The fourth-order valence-electron chi connectivity index (χ4n) is 2.56. The standard InChI is InChI=1S/C18H13ClN4/c19-15-9-5-4-8-14(15)16-10-11-20-18-21-17(22-23(16)18)12-13-6-2-1-3-7-13/h1-11H,12H2. The van der Waals surface area contributed by atoms with Crippen molar-refractivity contribution in [3.8, 4) is 11.3 Å². The zero-order valence-corrected chi connectivity index (χ0v) is 13.0. The number of nitrogens with zero attached hydrogens (tertiary/aromatic N) is 4. The maximum Gasteiger partial charge on any atom is 0.252 e. The van der Waals surface area contributed by atoms with Crippen molar-refractivity contribution in [3.05, 3.63) is 83.3 Å². The van der Waals surface area contributed by atoms with Gasteiger partial charge in [-0.2, -0.15) is 9.50 Å². The predicted octanol–water partition coefficient (Wildman–Crippen LogP) is 4.04. The van der Waals surface area contributed by atoms with Gasteiger partial charge in [0.1, 0.15) is 0 Å². The largest absolute Gasteiger partial charge is 0.252 e.